The number of H-pyrrole nitrogens is 1. The number of aromatic amines is 1. The molecule has 8 atom stereocenters. The molecule has 0 unspecified atom stereocenters. The summed E-state index contributed by atoms with van der Waals surface area (Å²) in [5.74, 6) is -5.18. The van der Waals surface area contributed by atoms with E-state index in [2.05, 4.69) is 47.9 Å². The molecule has 0 bridgehead atoms. The molecule has 4 aliphatic carbocycles. The molecule has 2 saturated carbocycles. The third-order valence-electron chi connectivity index (χ3n) is 18.5. The highest BCUT2D eigenvalue weighted by atomic mass is 19.3. The zero-order valence-corrected chi connectivity index (χ0v) is 49.1. The molecule has 10 rings (SSSR count). The summed E-state index contributed by atoms with van der Waals surface area (Å²) >= 11 is 0. The third-order valence-corrected chi connectivity index (χ3v) is 18.5. The molecule has 6 N–H and O–H groups in total. The topological polar surface area (TPSA) is 252 Å². The van der Waals surface area contributed by atoms with Gasteiger partial charge in [-0.05, 0) is 81.5 Å². The molecule has 0 radical (unpaired) electrons. The van der Waals surface area contributed by atoms with E-state index in [1.54, 1.807) is 47.8 Å². The lowest BCUT2D eigenvalue weighted by atomic mass is 9.83. The Labute approximate surface area is 495 Å². The molecule has 23 heteroatoms. The SMILES string of the molecule is CN[C@@H](C)C(=O)N[C@H](C(=O)N1C[C@@H](NC(=O)CCOCCOCCOCCOCCC(=O)N2CC([C@@H](c3ccccc3)n3cc(NC(=O)c4n[nH]c5c4C[C@@H]4C(F)(F)[C@]4(C)C5)cn3)C2)C[C@H]1C(=O)N[C@@H]1CCCc2ccccc21)C1CCCCC1. The molecule has 2 aromatic heterocycles. The Hall–Kier alpha value is -6.66. The van der Waals surface area contributed by atoms with Crippen LogP contribution in [0.4, 0.5) is 14.5 Å². The molecule has 460 valence electrons. The van der Waals surface area contributed by atoms with Gasteiger partial charge in [0.2, 0.25) is 29.5 Å². The number of aryl methyl sites for hydroxylation is 1. The number of halogens is 2. The van der Waals surface area contributed by atoms with Crippen molar-refractivity contribution in [3.63, 3.8) is 0 Å². The lowest BCUT2D eigenvalue weighted by molar-refractivity contribution is -0.143. The molecule has 4 heterocycles. The van der Waals surface area contributed by atoms with Crippen LogP contribution in [0.15, 0.2) is 67.0 Å². The number of fused-ring (bicyclic) bond motifs is 3. The van der Waals surface area contributed by atoms with E-state index in [1.807, 2.05) is 48.5 Å². The van der Waals surface area contributed by atoms with Crippen molar-refractivity contribution < 1.29 is 56.5 Å². The summed E-state index contributed by atoms with van der Waals surface area (Å²) in [5.41, 5.74) is 3.88. The molecule has 21 nitrogen and oxygen atoms in total. The quantitative estimate of drug-likeness (QED) is 0.0407. The number of nitrogens with zero attached hydrogens (tertiary/aromatic N) is 5. The molecule has 0 spiro atoms. The molecule has 2 saturated heterocycles. The van der Waals surface area contributed by atoms with Gasteiger partial charge in [0.15, 0.2) is 5.69 Å². The van der Waals surface area contributed by atoms with Crippen LogP contribution in [0.2, 0.25) is 0 Å². The average molecular weight is 1180 g/mol. The van der Waals surface area contributed by atoms with Gasteiger partial charge in [-0.25, -0.2) is 8.78 Å². The molecule has 85 heavy (non-hydrogen) atoms. The summed E-state index contributed by atoms with van der Waals surface area (Å²) in [5, 5.41) is 26.8. The summed E-state index contributed by atoms with van der Waals surface area (Å²) in [6.07, 6.45) is 11.4. The minimum Gasteiger partial charge on any atom is -0.379 e. The number of ether oxygens (including phenoxy) is 4. The first kappa shape index (κ1) is 61.4. The fourth-order valence-corrected chi connectivity index (χ4v) is 13.3. The molecule has 2 aliphatic heterocycles. The number of alkyl halides is 2. The van der Waals surface area contributed by atoms with Crippen LogP contribution in [-0.2, 0) is 62.2 Å². The van der Waals surface area contributed by atoms with E-state index in [0.717, 1.165) is 62.5 Å². The maximum Gasteiger partial charge on any atom is 0.276 e. The molecule has 2 aromatic carbocycles. The number of carbonyl (C=O) groups excluding carboxylic acids is 6. The number of hydrogen-bond donors (Lipinski definition) is 6. The minimum atomic E-state index is -2.77. The predicted molar refractivity (Wildman–Crippen MR) is 309 cm³/mol. The second kappa shape index (κ2) is 27.8. The van der Waals surface area contributed by atoms with Gasteiger partial charge in [-0.2, -0.15) is 10.2 Å². The van der Waals surface area contributed by atoms with Gasteiger partial charge in [0.25, 0.3) is 11.8 Å². The highest BCUT2D eigenvalue weighted by Gasteiger charge is 2.78. The standard InChI is InChI=1S/C62H83F2N11O10/c1-39(65-3)57(78)70-54(41-14-6-4-7-15-41)60(81)74-37-44(31-50(74)58(79)69-48-20-12-18-40-13-10-11-19-46(40)48)67-52(76)21-23-82-25-27-84-29-30-85-28-26-83-24-22-53(77)73-35-43(36-73)56(42-16-8-5-9-17-42)75-38-45(34-66-75)68-59(80)55-47-32-51-61(2,62(51,63)64)33-49(47)71-72-55/h5,8-11,13,16-17,19,34,38-39,41,43-44,48,50-51,54,56,65H,4,6-7,12,14-15,18,20-33,35-37H2,1-3H3,(H,67,76)(H,68,80)(H,69,79)(H,70,78)(H,71,72)/t39-,44-,48+,50-,51-,54-,56+,61+/m0/s1. The van der Waals surface area contributed by atoms with Crippen molar-refractivity contribution in [2.24, 2.45) is 23.2 Å². The van der Waals surface area contributed by atoms with Crippen molar-refractivity contribution in [1.82, 2.24) is 51.0 Å². The third kappa shape index (κ3) is 14.3. The number of nitrogens with one attached hydrogen (secondary N) is 6. The molecule has 4 aromatic rings. The van der Waals surface area contributed by atoms with Crippen LogP contribution < -0.4 is 26.6 Å². The number of benzene rings is 2. The average Bonchev–Trinajstić information content (AvgIpc) is 1.55. The number of hydrogen-bond acceptors (Lipinski definition) is 13. The van der Waals surface area contributed by atoms with Crippen LogP contribution in [-0.4, -0.2) is 175 Å². The number of amides is 6. The van der Waals surface area contributed by atoms with Crippen molar-refractivity contribution >= 4 is 41.1 Å². The summed E-state index contributed by atoms with van der Waals surface area (Å²) in [6.45, 7) is 6.75. The second-order valence-corrected chi connectivity index (χ2v) is 24.1. The van der Waals surface area contributed by atoms with Crippen molar-refractivity contribution in [2.75, 3.05) is 84.9 Å². The van der Waals surface area contributed by atoms with Gasteiger partial charge in [-0.3, -0.25) is 38.5 Å². The lowest BCUT2D eigenvalue weighted by Gasteiger charge is -2.43. The van der Waals surface area contributed by atoms with Crippen molar-refractivity contribution in [3.05, 3.63) is 101 Å². The van der Waals surface area contributed by atoms with E-state index in [1.165, 1.54) is 5.56 Å². The van der Waals surface area contributed by atoms with Crippen molar-refractivity contribution in [1.29, 1.82) is 0 Å². The van der Waals surface area contributed by atoms with Gasteiger partial charge in [0.1, 0.15) is 12.1 Å². The molecular formula is C62H83F2N11O10. The van der Waals surface area contributed by atoms with Gasteiger partial charge < -0.3 is 55.3 Å². The van der Waals surface area contributed by atoms with Gasteiger partial charge in [-0.15, -0.1) is 0 Å². The van der Waals surface area contributed by atoms with Gasteiger partial charge >= 0.3 is 0 Å². The van der Waals surface area contributed by atoms with E-state index in [9.17, 15) is 37.5 Å². The van der Waals surface area contributed by atoms with Crippen LogP contribution >= 0.6 is 0 Å². The fraction of sp³-hybridized carbons (Fsp3) is 0.613. The Morgan fingerprint density at radius 3 is 2.20 bits per heavy atom. The highest BCUT2D eigenvalue weighted by Crippen LogP contribution is 2.70. The Bertz CT molecular complexity index is 2970. The molecule has 4 fully saturated rings. The zero-order valence-electron chi connectivity index (χ0n) is 49.1. The highest BCUT2D eigenvalue weighted by molar-refractivity contribution is 6.04. The van der Waals surface area contributed by atoms with Crippen molar-refractivity contribution in [3.8, 4) is 0 Å². The Morgan fingerprint density at radius 1 is 0.800 bits per heavy atom. The lowest BCUT2D eigenvalue weighted by Crippen LogP contribution is -2.58. The van der Waals surface area contributed by atoms with E-state index in [4.69, 9.17) is 18.9 Å². The number of likely N-dealkylation sites (N-methyl/N-ethyl adjacent to an activating group) is 1. The van der Waals surface area contributed by atoms with Crippen LogP contribution in [0.5, 0.6) is 0 Å². The molecular weight excluding hydrogens is 1100 g/mol. The van der Waals surface area contributed by atoms with Crippen LogP contribution in [0.1, 0.15) is 129 Å². The van der Waals surface area contributed by atoms with Gasteiger partial charge in [0, 0.05) is 73.2 Å². The summed E-state index contributed by atoms with van der Waals surface area (Å²) in [6, 6.07) is 15.0. The van der Waals surface area contributed by atoms with Gasteiger partial charge in [0.05, 0.1) is 89.3 Å². The first-order chi connectivity index (χ1) is 41.1. The van der Waals surface area contributed by atoms with E-state index in [-0.39, 0.29) is 118 Å². The predicted octanol–water partition coefficient (Wildman–Crippen LogP) is 5.08. The second-order valence-electron chi connectivity index (χ2n) is 24.1. The monoisotopic (exact) mass is 1180 g/mol. The normalized spacial score (nSPS) is 23.5. The van der Waals surface area contributed by atoms with E-state index >= 15 is 0 Å². The van der Waals surface area contributed by atoms with Crippen LogP contribution in [0, 0.1) is 23.2 Å². The summed E-state index contributed by atoms with van der Waals surface area (Å²) in [4.78, 5) is 85.4. The largest absolute Gasteiger partial charge is 0.379 e. The van der Waals surface area contributed by atoms with E-state index < -0.39 is 47.3 Å². The van der Waals surface area contributed by atoms with E-state index in [0.29, 0.717) is 63.1 Å². The summed E-state index contributed by atoms with van der Waals surface area (Å²) < 4.78 is 53.5. The summed E-state index contributed by atoms with van der Waals surface area (Å²) in [7, 11) is 1.70. The zero-order chi connectivity index (χ0) is 59.7. The maximum atomic E-state index is 14.7. The Morgan fingerprint density at radius 2 is 1.48 bits per heavy atom. The number of anilines is 1. The van der Waals surface area contributed by atoms with Crippen LogP contribution in [0.3, 0.4) is 0 Å². The van der Waals surface area contributed by atoms with Crippen molar-refractivity contribution in [2.45, 2.75) is 139 Å². The number of likely N-dealkylation sites (tertiary alicyclic amines) is 2. The number of aromatic nitrogens is 4. The molecule has 6 aliphatic rings. The Kier molecular flexibility index (Phi) is 20.1. The maximum absolute atomic E-state index is 14.7. The number of carbonyl (C=O) groups is 6. The number of rotatable bonds is 28. The first-order valence-corrected chi connectivity index (χ1v) is 30.5. The molecule has 6 amide bonds. The fourth-order valence-electron chi connectivity index (χ4n) is 13.3. The first-order valence-electron chi connectivity index (χ1n) is 30.5. The van der Waals surface area contributed by atoms with Crippen LogP contribution in [0.25, 0.3) is 0 Å². The minimum absolute atomic E-state index is 0.0212. The smallest absolute Gasteiger partial charge is 0.276 e. The van der Waals surface area contributed by atoms with Gasteiger partial charge in [-0.1, -0.05) is 80.8 Å². The Balaban J connectivity index is 0.591.